The highest BCUT2D eigenvalue weighted by Gasteiger charge is 2.29. The number of aromatic nitrogens is 2. The summed E-state index contributed by atoms with van der Waals surface area (Å²) in [4.78, 5) is 17.1. The lowest BCUT2D eigenvalue weighted by molar-refractivity contribution is 0.0726. The third-order valence-electron chi connectivity index (χ3n) is 6.50. The fraction of sp³-hybridized carbons (Fsp3) is 0.250. The predicted molar refractivity (Wildman–Crippen MR) is 135 cm³/mol. The fourth-order valence-corrected chi connectivity index (χ4v) is 4.69. The van der Waals surface area contributed by atoms with Crippen molar-refractivity contribution in [3.8, 4) is 11.3 Å². The Hall–Kier alpha value is -3.77. The second kappa shape index (κ2) is 9.61. The highest BCUT2D eigenvalue weighted by Crippen LogP contribution is 2.33. The van der Waals surface area contributed by atoms with Gasteiger partial charge in [-0.3, -0.25) is 4.79 Å². The molecule has 34 heavy (non-hydrogen) atoms. The van der Waals surface area contributed by atoms with Crippen molar-refractivity contribution in [1.29, 1.82) is 0 Å². The van der Waals surface area contributed by atoms with Gasteiger partial charge in [-0.05, 0) is 31.0 Å². The fourth-order valence-electron chi connectivity index (χ4n) is 4.69. The van der Waals surface area contributed by atoms with Crippen molar-refractivity contribution >= 4 is 22.5 Å². The number of anilines is 1. The number of rotatable bonds is 5. The quantitative estimate of drug-likeness (QED) is 0.492. The standard InChI is InChI=1S/C28H28N4O2/c1-20-19-31(28(34)23-7-3-2-4-8-23)16-17-32(20)27-25-10-6-5-9-24(25)26(29-30-27)22-13-11-21(12-14-22)15-18-33/h2-14,20,33H,15-19H2,1H3/t20-/m1/s1. The monoisotopic (exact) mass is 452 g/mol. The third-order valence-corrected chi connectivity index (χ3v) is 6.50. The normalized spacial score (nSPS) is 16.1. The summed E-state index contributed by atoms with van der Waals surface area (Å²) >= 11 is 0. The minimum atomic E-state index is 0.0723. The van der Waals surface area contributed by atoms with Crippen LogP contribution in [0.5, 0.6) is 0 Å². The number of carbonyl (C=O) groups is 1. The van der Waals surface area contributed by atoms with Gasteiger partial charge < -0.3 is 14.9 Å². The average molecular weight is 453 g/mol. The Morgan fingerprint density at radius 2 is 1.62 bits per heavy atom. The highest BCUT2D eigenvalue weighted by atomic mass is 16.3. The molecular formula is C28H28N4O2. The number of amides is 1. The molecule has 0 unspecified atom stereocenters. The summed E-state index contributed by atoms with van der Waals surface area (Å²) in [6.07, 6.45) is 0.641. The van der Waals surface area contributed by atoms with Crippen LogP contribution in [0.1, 0.15) is 22.8 Å². The predicted octanol–water partition coefficient (Wildman–Crippen LogP) is 4.18. The molecule has 0 aliphatic carbocycles. The van der Waals surface area contributed by atoms with Gasteiger partial charge in [-0.1, -0.05) is 66.7 Å². The number of fused-ring (bicyclic) bond motifs is 1. The molecule has 1 N–H and O–H groups in total. The van der Waals surface area contributed by atoms with Gasteiger partial charge in [0.1, 0.15) is 5.69 Å². The van der Waals surface area contributed by atoms with Crippen LogP contribution in [0.25, 0.3) is 22.0 Å². The number of carbonyl (C=O) groups excluding carboxylic acids is 1. The maximum absolute atomic E-state index is 12.9. The molecule has 6 heteroatoms. The van der Waals surface area contributed by atoms with Gasteiger partial charge in [-0.15, -0.1) is 10.2 Å². The molecule has 3 aromatic carbocycles. The first kappa shape index (κ1) is 22.0. The summed E-state index contributed by atoms with van der Waals surface area (Å²) in [6.45, 7) is 4.25. The van der Waals surface area contributed by atoms with Crippen LogP contribution in [0, 0.1) is 0 Å². The van der Waals surface area contributed by atoms with Crippen LogP contribution in [-0.4, -0.2) is 58.4 Å². The summed E-state index contributed by atoms with van der Waals surface area (Å²) < 4.78 is 0. The van der Waals surface area contributed by atoms with Crippen LogP contribution in [-0.2, 0) is 6.42 Å². The molecule has 1 amide bonds. The molecule has 0 radical (unpaired) electrons. The minimum absolute atomic E-state index is 0.0723. The number of hydrogen-bond acceptors (Lipinski definition) is 5. The summed E-state index contributed by atoms with van der Waals surface area (Å²) in [5.74, 6) is 0.929. The van der Waals surface area contributed by atoms with Gasteiger partial charge >= 0.3 is 0 Å². The molecule has 1 aromatic heterocycles. The first-order chi connectivity index (χ1) is 16.7. The van der Waals surface area contributed by atoms with Gasteiger partial charge in [0.25, 0.3) is 5.91 Å². The average Bonchev–Trinajstić information content (AvgIpc) is 2.89. The van der Waals surface area contributed by atoms with Gasteiger partial charge in [0, 0.05) is 54.2 Å². The number of aliphatic hydroxyl groups excluding tert-OH is 1. The van der Waals surface area contributed by atoms with E-state index in [9.17, 15) is 9.90 Å². The Kier molecular flexibility index (Phi) is 6.23. The molecule has 0 spiro atoms. The SMILES string of the molecule is C[C@@H]1CN(C(=O)c2ccccc2)CCN1c1nnc(-c2ccc(CCO)cc2)c2ccccc12. The maximum Gasteiger partial charge on any atom is 0.253 e. The Morgan fingerprint density at radius 1 is 0.912 bits per heavy atom. The van der Waals surface area contributed by atoms with Crippen LogP contribution in [0.2, 0.25) is 0 Å². The van der Waals surface area contributed by atoms with E-state index in [0.717, 1.165) is 39.0 Å². The van der Waals surface area contributed by atoms with E-state index < -0.39 is 0 Å². The topological polar surface area (TPSA) is 69.6 Å². The summed E-state index contributed by atoms with van der Waals surface area (Å²) in [7, 11) is 0. The number of nitrogens with zero attached hydrogens (tertiary/aromatic N) is 4. The van der Waals surface area contributed by atoms with Crippen molar-refractivity contribution in [3.05, 3.63) is 90.0 Å². The third kappa shape index (κ3) is 4.24. The van der Waals surface area contributed by atoms with E-state index in [1.165, 1.54) is 0 Å². The molecule has 5 rings (SSSR count). The van der Waals surface area contributed by atoms with Crippen molar-refractivity contribution in [2.75, 3.05) is 31.1 Å². The van der Waals surface area contributed by atoms with E-state index in [1.54, 1.807) is 0 Å². The lowest BCUT2D eigenvalue weighted by Gasteiger charge is -2.40. The number of aliphatic hydroxyl groups is 1. The van der Waals surface area contributed by atoms with Crippen LogP contribution in [0.15, 0.2) is 78.9 Å². The van der Waals surface area contributed by atoms with E-state index in [2.05, 4.69) is 34.2 Å². The van der Waals surface area contributed by atoms with Crippen molar-refractivity contribution in [2.45, 2.75) is 19.4 Å². The van der Waals surface area contributed by atoms with E-state index in [0.29, 0.717) is 26.1 Å². The zero-order valence-corrected chi connectivity index (χ0v) is 19.3. The van der Waals surface area contributed by atoms with Gasteiger partial charge in [-0.25, -0.2) is 0 Å². The first-order valence-corrected chi connectivity index (χ1v) is 11.7. The second-order valence-electron chi connectivity index (χ2n) is 8.75. The van der Waals surface area contributed by atoms with Crippen LogP contribution in [0.3, 0.4) is 0 Å². The summed E-state index contributed by atoms with van der Waals surface area (Å²) in [5, 5.41) is 20.6. The molecule has 172 valence electrons. The lowest BCUT2D eigenvalue weighted by Crippen LogP contribution is -2.54. The Balaban J connectivity index is 1.42. The van der Waals surface area contributed by atoms with E-state index in [-0.39, 0.29) is 18.6 Å². The summed E-state index contributed by atoms with van der Waals surface area (Å²) in [5.41, 5.74) is 3.67. The Bertz CT molecular complexity index is 1290. The van der Waals surface area contributed by atoms with Gasteiger partial charge in [-0.2, -0.15) is 0 Å². The maximum atomic E-state index is 12.9. The number of hydrogen-bond donors (Lipinski definition) is 1. The molecule has 1 aliphatic rings. The molecule has 0 bridgehead atoms. The van der Waals surface area contributed by atoms with E-state index >= 15 is 0 Å². The molecule has 1 fully saturated rings. The smallest absolute Gasteiger partial charge is 0.253 e. The van der Waals surface area contributed by atoms with Crippen molar-refractivity contribution in [3.63, 3.8) is 0 Å². The highest BCUT2D eigenvalue weighted by molar-refractivity contribution is 6.00. The molecule has 1 saturated heterocycles. The molecule has 1 atom stereocenters. The molecule has 1 aliphatic heterocycles. The Morgan fingerprint density at radius 3 is 2.32 bits per heavy atom. The van der Waals surface area contributed by atoms with Crippen LogP contribution in [0.4, 0.5) is 5.82 Å². The molecule has 6 nitrogen and oxygen atoms in total. The van der Waals surface area contributed by atoms with Gasteiger partial charge in [0.05, 0.1) is 0 Å². The van der Waals surface area contributed by atoms with Gasteiger partial charge in [0.2, 0.25) is 0 Å². The van der Waals surface area contributed by atoms with Crippen molar-refractivity contribution in [1.82, 2.24) is 15.1 Å². The molecule has 2 heterocycles. The lowest BCUT2D eigenvalue weighted by atomic mass is 10.0. The van der Waals surface area contributed by atoms with E-state index in [1.807, 2.05) is 71.6 Å². The van der Waals surface area contributed by atoms with Crippen LogP contribution >= 0.6 is 0 Å². The second-order valence-corrected chi connectivity index (χ2v) is 8.75. The zero-order valence-electron chi connectivity index (χ0n) is 19.3. The van der Waals surface area contributed by atoms with E-state index in [4.69, 9.17) is 0 Å². The molecule has 0 saturated carbocycles. The van der Waals surface area contributed by atoms with Crippen molar-refractivity contribution in [2.24, 2.45) is 0 Å². The number of piperazine rings is 1. The molecule has 4 aromatic rings. The first-order valence-electron chi connectivity index (χ1n) is 11.7. The minimum Gasteiger partial charge on any atom is -0.396 e. The number of benzene rings is 3. The van der Waals surface area contributed by atoms with Gasteiger partial charge in [0.15, 0.2) is 5.82 Å². The zero-order chi connectivity index (χ0) is 23.5. The molecular weight excluding hydrogens is 424 g/mol. The summed E-state index contributed by atoms with van der Waals surface area (Å²) in [6, 6.07) is 25.9. The Labute approximate surface area is 199 Å². The largest absolute Gasteiger partial charge is 0.396 e. The van der Waals surface area contributed by atoms with Crippen LogP contribution < -0.4 is 4.90 Å². The van der Waals surface area contributed by atoms with Crippen molar-refractivity contribution < 1.29 is 9.90 Å².